The van der Waals surface area contributed by atoms with E-state index >= 15 is 0 Å². The predicted molar refractivity (Wildman–Crippen MR) is 109 cm³/mol. The lowest BCUT2D eigenvalue weighted by atomic mass is 10.1. The molecular weight excluding hydrogens is 352 g/mol. The van der Waals surface area contributed by atoms with Crippen LogP contribution in [0, 0.1) is 0 Å². The molecule has 7 nitrogen and oxygen atoms in total. The molecule has 1 fully saturated rings. The highest BCUT2D eigenvalue weighted by atomic mass is 16.1. The van der Waals surface area contributed by atoms with Crippen molar-refractivity contribution >= 4 is 23.4 Å². The van der Waals surface area contributed by atoms with E-state index in [2.05, 4.69) is 30.3 Å². The zero-order valence-corrected chi connectivity index (χ0v) is 15.5. The van der Waals surface area contributed by atoms with Gasteiger partial charge in [0.05, 0.1) is 6.42 Å². The minimum atomic E-state index is -0.0998. The van der Waals surface area contributed by atoms with Gasteiger partial charge in [-0.05, 0) is 29.8 Å². The summed E-state index contributed by atoms with van der Waals surface area (Å²) in [5.74, 6) is 2.19. The van der Waals surface area contributed by atoms with Crippen molar-refractivity contribution in [1.82, 2.24) is 15.2 Å². The maximum atomic E-state index is 12.1. The molecule has 28 heavy (non-hydrogen) atoms. The molecule has 1 aliphatic rings. The summed E-state index contributed by atoms with van der Waals surface area (Å²) < 4.78 is 0. The zero-order valence-electron chi connectivity index (χ0n) is 15.5. The Labute approximate surface area is 164 Å². The molecule has 7 heteroatoms. The van der Waals surface area contributed by atoms with Gasteiger partial charge in [-0.3, -0.25) is 4.79 Å². The summed E-state index contributed by atoms with van der Waals surface area (Å²) in [6, 6.07) is 19.3. The monoisotopic (exact) mass is 374 g/mol. The normalized spacial score (nSPS) is 14.0. The number of hydrogen-bond acceptors (Lipinski definition) is 6. The molecule has 0 spiro atoms. The smallest absolute Gasteiger partial charge is 0.229 e. The van der Waals surface area contributed by atoms with E-state index in [9.17, 15) is 4.79 Å². The fraction of sp³-hybridized carbons (Fsp3) is 0.238. The van der Waals surface area contributed by atoms with Crippen molar-refractivity contribution in [2.45, 2.75) is 6.42 Å². The number of carbonyl (C=O) groups is 1. The third kappa shape index (κ3) is 4.43. The summed E-state index contributed by atoms with van der Waals surface area (Å²) >= 11 is 0. The quantitative estimate of drug-likeness (QED) is 0.739. The first-order valence-corrected chi connectivity index (χ1v) is 9.36. The van der Waals surface area contributed by atoms with E-state index in [-0.39, 0.29) is 5.91 Å². The van der Waals surface area contributed by atoms with Crippen LogP contribution in [0.4, 0.5) is 17.5 Å². The van der Waals surface area contributed by atoms with Crippen LogP contribution in [0.5, 0.6) is 0 Å². The number of rotatable bonds is 5. The highest BCUT2D eigenvalue weighted by Crippen LogP contribution is 2.17. The van der Waals surface area contributed by atoms with Crippen molar-refractivity contribution in [3.63, 3.8) is 0 Å². The number of carbonyl (C=O) groups excluding carboxylic acids is 1. The van der Waals surface area contributed by atoms with Crippen molar-refractivity contribution < 1.29 is 4.79 Å². The van der Waals surface area contributed by atoms with Crippen LogP contribution >= 0.6 is 0 Å². The first kappa shape index (κ1) is 17.9. The predicted octanol–water partition coefficient (Wildman–Crippen LogP) is 2.38. The Balaban J connectivity index is 1.31. The van der Waals surface area contributed by atoms with Crippen LogP contribution in [0.1, 0.15) is 5.56 Å². The average molecular weight is 374 g/mol. The molecule has 0 atom stereocenters. The number of aromatic nitrogens is 3. The van der Waals surface area contributed by atoms with Crippen LogP contribution in [0.3, 0.4) is 0 Å². The largest absolute Gasteiger partial charge is 0.353 e. The number of amides is 1. The number of nitrogens with one attached hydrogen (secondary N) is 1. The average Bonchev–Trinajstić information content (AvgIpc) is 2.76. The van der Waals surface area contributed by atoms with E-state index in [0.29, 0.717) is 12.2 Å². The van der Waals surface area contributed by atoms with Gasteiger partial charge in [-0.2, -0.15) is 0 Å². The Morgan fingerprint density at radius 1 is 0.821 bits per heavy atom. The van der Waals surface area contributed by atoms with E-state index in [1.807, 2.05) is 60.8 Å². The van der Waals surface area contributed by atoms with Gasteiger partial charge in [0, 0.05) is 32.4 Å². The van der Waals surface area contributed by atoms with Gasteiger partial charge < -0.3 is 15.1 Å². The van der Waals surface area contributed by atoms with Gasteiger partial charge in [-0.15, -0.1) is 10.2 Å². The first-order chi connectivity index (χ1) is 13.8. The number of pyridine rings is 1. The van der Waals surface area contributed by atoms with Gasteiger partial charge in [-0.25, -0.2) is 4.98 Å². The van der Waals surface area contributed by atoms with Gasteiger partial charge in [0.25, 0.3) is 0 Å². The number of hydrogen-bond donors (Lipinski definition) is 1. The number of benzene rings is 1. The van der Waals surface area contributed by atoms with Crippen molar-refractivity contribution in [2.24, 2.45) is 0 Å². The Hall–Kier alpha value is -3.48. The summed E-state index contributed by atoms with van der Waals surface area (Å²) in [4.78, 5) is 21.0. The fourth-order valence-electron chi connectivity index (χ4n) is 3.23. The second-order valence-electron chi connectivity index (χ2n) is 6.65. The number of nitrogens with zero attached hydrogens (tertiary/aromatic N) is 5. The molecule has 1 amide bonds. The maximum Gasteiger partial charge on any atom is 0.229 e. The van der Waals surface area contributed by atoms with Crippen molar-refractivity contribution in [3.05, 3.63) is 72.4 Å². The molecule has 0 unspecified atom stereocenters. The molecule has 3 heterocycles. The van der Waals surface area contributed by atoms with Crippen LogP contribution < -0.4 is 15.1 Å². The summed E-state index contributed by atoms with van der Waals surface area (Å²) in [5, 5.41) is 11.3. The van der Waals surface area contributed by atoms with Crippen molar-refractivity contribution in [3.8, 4) is 0 Å². The summed E-state index contributed by atoms with van der Waals surface area (Å²) in [7, 11) is 0. The highest BCUT2D eigenvalue weighted by molar-refractivity contribution is 5.91. The number of anilines is 3. The fourth-order valence-corrected chi connectivity index (χ4v) is 3.23. The molecule has 0 bridgehead atoms. The van der Waals surface area contributed by atoms with E-state index in [4.69, 9.17) is 0 Å². The Kier molecular flexibility index (Phi) is 5.42. The Morgan fingerprint density at radius 2 is 1.54 bits per heavy atom. The van der Waals surface area contributed by atoms with Crippen LogP contribution in [-0.2, 0) is 11.2 Å². The van der Waals surface area contributed by atoms with E-state index < -0.39 is 0 Å². The molecule has 3 aromatic rings. The molecule has 4 rings (SSSR count). The van der Waals surface area contributed by atoms with Crippen LogP contribution in [0.2, 0.25) is 0 Å². The zero-order chi connectivity index (χ0) is 19.2. The molecule has 0 saturated carbocycles. The molecule has 0 radical (unpaired) electrons. The molecule has 0 aliphatic carbocycles. The molecule has 1 N–H and O–H groups in total. The molecular formula is C21H22N6O. The minimum Gasteiger partial charge on any atom is -0.353 e. The molecule has 142 valence electrons. The SMILES string of the molecule is O=C(Cc1ccccc1)Nc1ccc(N2CCN(c3ccccn3)CC2)nn1. The van der Waals surface area contributed by atoms with Crippen molar-refractivity contribution in [2.75, 3.05) is 41.3 Å². The van der Waals surface area contributed by atoms with Gasteiger partial charge in [-0.1, -0.05) is 36.4 Å². The summed E-state index contributed by atoms with van der Waals surface area (Å²) in [6.07, 6.45) is 2.14. The molecule has 2 aromatic heterocycles. The van der Waals surface area contributed by atoms with Gasteiger partial charge in [0.15, 0.2) is 11.6 Å². The third-order valence-corrected chi connectivity index (χ3v) is 4.70. The standard InChI is InChI=1S/C21H22N6O/c28-21(16-17-6-2-1-3-7-17)23-18-9-10-20(25-24-18)27-14-12-26(13-15-27)19-8-4-5-11-22-19/h1-11H,12-16H2,(H,23,24,28). The second kappa shape index (κ2) is 8.47. The van der Waals surface area contributed by atoms with Gasteiger partial charge in [0.1, 0.15) is 5.82 Å². The lowest BCUT2D eigenvalue weighted by molar-refractivity contribution is -0.115. The summed E-state index contributed by atoms with van der Waals surface area (Å²) in [5.41, 5.74) is 0.968. The maximum absolute atomic E-state index is 12.1. The lowest BCUT2D eigenvalue weighted by Crippen LogP contribution is -2.47. The van der Waals surface area contributed by atoms with Crippen LogP contribution in [0.25, 0.3) is 0 Å². The van der Waals surface area contributed by atoms with Crippen molar-refractivity contribution in [1.29, 1.82) is 0 Å². The van der Waals surface area contributed by atoms with Crippen LogP contribution in [-0.4, -0.2) is 47.3 Å². The second-order valence-corrected chi connectivity index (χ2v) is 6.65. The summed E-state index contributed by atoms with van der Waals surface area (Å²) in [6.45, 7) is 3.47. The van der Waals surface area contributed by atoms with Crippen LogP contribution in [0.15, 0.2) is 66.9 Å². The Morgan fingerprint density at radius 3 is 2.18 bits per heavy atom. The minimum absolute atomic E-state index is 0.0998. The molecule has 1 aromatic carbocycles. The Bertz CT molecular complexity index is 893. The molecule has 1 saturated heterocycles. The van der Waals surface area contributed by atoms with E-state index in [1.54, 1.807) is 6.07 Å². The lowest BCUT2D eigenvalue weighted by Gasteiger charge is -2.35. The number of piperazine rings is 1. The van der Waals surface area contributed by atoms with Gasteiger partial charge >= 0.3 is 0 Å². The first-order valence-electron chi connectivity index (χ1n) is 9.36. The topological polar surface area (TPSA) is 74.2 Å². The molecule has 1 aliphatic heterocycles. The third-order valence-electron chi connectivity index (χ3n) is 4.70. The van der Waals surface area contributed by atoms with Gasteiger partial charge in [0.2, 0.25) is 5.91 Å². The highest BCUT2D eigenvalue weighted by Gasteiger charge is 2.19. The van der Waals surface area contributed by atoms with E-state index in [1.165, 1.54) is 0 Å². The van der Waals surface area contributed by atoms with E-state index in [0.717, 1.165) is 43.4 Å².